The fourth-order valence-corrected chi connectivity index (χ4v) is 6.68. The molecule has 5 aromatic rings. The highest BCUT2D eigenvalue weighted by Crippen LogP contribution is 2.37. The number of carbonyl (C=O) groups excluding carboxylic acids is 1. The van der Waals surface area contributed by atoms with Crippen molar-refractivity contribution in [2.75, 3.05) is 13.7 Å². The molecule has 0 aliphatic carbocycles. The molecule has 0 amide bonds. The van der Waals surface area contributed by atoms with E-state index in [1.54, 1.807) is 25.5 Å². The third kappa shape index (κ3) is 5.12. The van der Waals surface area contributed by atoms with Crippen molar-refractivity contribution in [2.45, 2.75) is 39.8 Å². The summed E-state index contributed by atoms with van der Waals surface area (Å²) in [6.07, 6.45) is 1.90. The van der Waals surface area contributed by atoms with Crippen LogP contribution in [0.2, 0.25) is 0 Å². The predicted octanol–water partition coefficient (Wildman–Crippen LogP) is 5.90. The molecule has 43 heavy (non-hydrogen) atoms. The lowest BCUT2D eigenvalue weighted by Gasteiger charge is -2.25. The number of rotatable bonds is 7. The van der Waals surface area contributed by atoms with Gasteiger partial charge in [-0.3, -0.25) is 9.36 Å². The molecule has 6 rings (SSSR count). The summed E-state index contributed by atoms with van der Waals surface area (Å²) < 4.78 is 19.2. The SMILES string of the molecule is CCOC(=O)C1=C(C)N=c2sc(=Cc3c4ccccc4cc4ccccc34)c(=O)n2C1c1ccc(OC(C)C)c(OC)c1. The number of carbonyl (C=O) groups is 1. The summed E-state index contributed by atoms with van der Waals surface area (Å²) in [6.45, 7) is 7.62. The molecule has 2 heterocycles. The Bertz CT molecular complexity index is 2050. The van der Waals surface area contributed by atoms with Crippen molar-refractivity contribution in [3.05, 3.63) is 115 Å². The summed E-state index contributed by atoms with van der Waals surface area (Å²) in [5.41, 5.74) is 2.24. The van der Waals surface area contributed by atoms with Crippen molar-refractivity contribution < 1.29 is 19.0 Å². The Kier molecular flexibility index (Phi) is 7.62. The normalized spacial score (nSPS) is 15.1. The molecule has 1 aliphatic rings. The van der Waals surface area contributed by atoms with Gasteiger partial charge < -0.3 is 14.2 Å². The molecule has 0 fully saturated rings. The van der Waals surface area contributed by atoms with Gasteiger partial charge in [0, 0.05) is 0 Å². The van der Waals surface area contributed by atoms with Crippen LogP contribution in [0.15, 0.2) is 93.9 Å². The smallest absolute Gasteiger partial charge is 0.338 e. The lowest BCUT2D eigenvalue weighted by Crippen LogP contribution is -2.40. The van der Waals surface area contributed by atoms with E-state index in [0.29, 0.717) is 37.7 Å². The van der Waals surface area contributed by atoms with Crippen LogP contribution in [0.25, 0.3) is 27.6 Å². The minimum absolute atomic E-state index is 0.0557. The van der Waals surface area contributed by atoms with Gasteiger partial charge >= 0.3 is 5.97 Å². The van der Waals surface area contributed by atoms with E-state index in [2.05, 4.69) is 30.3 Å². The van der Waals surface area contributed by atoms with Gasteiger partial charge in [0.1, 0.15) is 0 Å². The zero-order valence-electron chi connectivity index (χ0n) is 24.7. The summed E-state index contributed by atoms with van der Waals surface area (Å²) in [5.74, 6) is 0.577. The standard InChI is InChI=1S/C35H32N2O5S/c1-6-41-34(39)31-21(4)36-35-37(32(31)24-15-16-28(42-20(2)3)29(18-24)40-5)33(38)30(43-35)19-27-25-13-9-7-11-22(25)17-23-12-8-10-14-26(23)27/h7-20,32H,6H2,1-5H3. The van der Waals surface area contributed by atoms with Crippen LogP contribution in [0, 0.1) is 0 Å². The molecule has 218 valence electrons. The fourth-order valence-electron chi connectivity index (χ4n) is 5.65. The summed E-state index contributed by atoms with van der Waals surface area (Å²) in [6, 6.07) is 23.2. The Labute approximate surface area is 253 Å². The van der Waals surface area contributed by atoms with E-state index in [9.17, 15) is 9.59 Å². The maximum absolute atomic E-state index is 14.3. The molecule has 0 spiro atoms. The van der Waals surface area contributed by atoms with E-state index in [0.717, 1.165) is 27.1 Å². The zero-order valence-corrected chi connectivity index (χ0v) is 25.5. The Morgan fingerprint density at radius 3 is 2.30 bits per heavy atom. The highest BCUT2D eigenvalue weighted by molar-refractivity contribution is 7.07. The number of allylic oxidation sites excluding steroid dienone is 1. The van der Waals surface area contributed by atoms with Gasteiger partial charge in [0.2, 0.25) is 0 Å². The molecule has 8 heteroatoms. The molecule has 0 radical (unpaired) electrons. The van der Waals surface area contributed by atoms with E-state index < -0.39 is 12.0 Å². The summed E-state index contributed by atoms with van der Waals surface area (Å²) in [5, 5.41) is 4.29. The van der Waals surface area contributed by atoms with Crippen LogP contribution in [0.5, 0.6) is 11.5 Å². The maximum Gasteiger partial charge on any atom is 0.338 e. The van der Waals surface area contributed by atoms with Crippen LogP contribution in [0.3, 0.4) is 0 Å². The van der Waals surface area contributed by atoms with E-state index in [1.807, 2.05) is 62.4 Å². The van der Waals surface area contributed by atoms with E-state index in [4.69, 9.17) is 19.2 Å². The van der Waals surface area contributed by atoms with E-state index >= 15 is 0 Å². The number of thiazole rings is 1. The number of fused-ring (bicyclic) bond motifs is 3. The molecule has 4 aromatic carbocycles. The first kappa shape index (κ1) is 28.4. The fraction of sp³-hybridized carbons (Fsp3) is 0.229. The number of nitrogens with zero attached hydrogens (tertiary/aromatic N) is 2. The lowest BCUT2D eigenvalue weighted by atomic mass is 9.95. The van der Waals surface area contributed by atoms with Gasteiger partial charge in [-0.2, -0.15) is 0 Å². The largest absolute Gasteiger partial charge is 0.493 e. The Balaban J connectivity index is 1.61. The summed E-state index contributed by atoms with van der Waals surface area (Å²) >= 11 is 1.31. The van der Waals surface area contributed by atoms with E-state index in [1.165, 1.54) is 11.3 Å². The van der Waals surface area contributed by atoms with Gasteiger partial charge in [-0.25, -0.2) is 9.79 Å². The molecule has 1 atom stereocenters. The second kappa shape index (κ2) is 11.5. The molecule has 1 aromatic heterocycles. The predicted molar refractivity (Wildman–Crippen MR) is 171 cm³/mol. The summed E-state index contributed by atoms with van der Waals surface area (Å²) in [4.78, 5) is 32.9. The monoisotopic (exact) mass is 592 g/mol. The van der Waals surface area contributed by atoms with E-state index in [-0.39, 0.29) is 18.3 Å². The Morgan fingerprint density at radius 1 is 1.00 bits per heavy atom. The highest BCUT2D eigenvalue weighted by Gasteiger charge is 2.34. The van der Waals surface area contributed by atoms with Crippen LogP contribution < -0.4 is 24.4 Å². The topological polar surface area (TPSA) is 79.1 Å². The van der Waals surface area contributed by atoms with Crippen molar-refractivity contribution in [1.29, 1.82) is 0 Å². The first-order valence-electron chi connectivity index (χ1n) is 14.3. The number of esters is 1. The van der Waals surface area contributed by atoms with Gasteiger partial charge in [0.05, 0.1) is 41.7 Å². The first-order chi connectivity index (χ1) is 20.8. The maximum atomic E-state index is 14.3. The minimum Gasteiger partial charge on any atom is -0.493 e. The molecule has 0 N–H and O–H groups in total. The van der Waals surface area contributed by atoms with Crippen LogP contribution in [-0.2, 0) is 9.53 Å². The second-order valence-corrected chi connectivity index (χ2v) is 11.6. The van der Waals surface area contributed by atoms with Crippen LogP contribution in [-0.4, -0.2) is 30.4 Å². The second-order valence-electron chi connectivity index (χ2n) is 10.6. The minimum atomic E-state index is -0.760. The molecule has 1 aliphatic heterocycles. The average molecular weight is 593 g/mol. The number of aromatic nitrogens is 1. The number of ether oxygens (including phenoxy) is 3. The van der Waals surface area contributed by atoms with Gasteiger partial charge in [-0.1, -0.05) is 65.9 Å². The molecule has 7 nitrogen and oxygen atoms in total. The van der Waals surface area contributed by atoms with Gasteiger partial charge in [-0.05, 0) is 84.6 Å². The number of methoxy groups -OCH3 is 1. The quantitative estimate of drug-likeness (QED) is 0.174. The number of hydrogen-bond donors (Lipinski definition) is 0. The third-order valence-electron chi connectivity index (χ3n) is 7.47. The summed E-state index contributed by atoms with van der Waals surface area (Å²) in [7, 11) is 1.57. The molecular weight excluding hydrogens is 560 g/mol. The number of benzene rings is 4. The molecule has 0 saturated carbocycles. The van der Waals surface area contributed by atoms with Gasteiger partial charge in [0.15, 0.2) is 16.3 Å². The highest BCUT2D eigenvalue weighted by atomic mass is 32.1. The molecule has 1 unspecified atom stereocenters. The average Bonchev–Trinajstić information content (AvgIpc) is 3.30. The van der Waals surface area contributed by atoms with Crippen LogP contribution in [0.4, 0.5) is 0 Å². The van der Waals surface area contributed by atoms with Crippen molar-refractivity contribution >= 4 is 44.9 Å². The Hall–Kier alpha value is -4.69. The van der Waals surface area contributed by atoms with Crippen molar-refractivity contribution in [1.82, 2.24) is 4.57 Å². The van der Waals surface area contributed by atoms with Crippen molar-refractivity contribution in [2.24, 2.45) is 4.99 Å². The molecule has 0 saturated heterocycles. The first-order valence-corrected chi connectivity index (χ1v) is 15.1. The number of hydrogen-bond acceptors (Lipinski definition) is 7. The van der Waals surface area contributed by atoms with Crippen LogP contribution in [0.1, 0.15) is 44.9 Å². The van der Waals surface area contributed by atoms with Crippen LogP contribution >= 0.6 is 11.3 Å². The lowest BCUT2D eigenvalue weighted by molar-refractivity contribution is -0.139. The third-order valence-corrected chi connectivity index (χ3v) is 8.45. The van der Waals surface area contributed by atoms with Gasteiger partial charge in [0.25, 0.3) is 5.56 Å². The van der Waals surface area contributed by atoms with Crippen molar-refractivity contribution in [3.8, 4) is 11.5 Å². The van der Waals surface area contributed by atoms with Crippen molar-refractivity contribution in [3.63, 3.8) is 0 Å². The Morgan fingerprint density at radius 2 is 1.67 bits per heavy atom. The molecule has 0 bridgehead atoms. The van der Waals surface area contributed by atoms with Gasteiger partial charge in [-0.15, -0.1) is 0 Å². The molecular formula is C35H32N2O5S. The zero-order chi connectivity index (χ0) is 30.2.